The third kappa shape index (κ3) is 4.30. The number of hydrogen-bond acceptors (Lipinski definition) is 4. The second kappa shape index (κ2) is 8.42. The molecule has 0 amide bonds. The van der Waals surface area contributed by atoms with Crippen molar-refractivity contribution in [3.8, 4) is 0 Å². The van der Waals surface area contributed by atoms with Gasteiger partial charge in [-0.25, -0.2) is 4.98 Å². The second-order valence-electron chi connectivity index (χ2n) is 7.47. The first-order valence-electron chi connectivity index (χ1n) is 9.91. The van der Waals surface area contributed by atoms with Gasteiger partial charge in [-0.1, -0.05) is 42.5 Å². The molecule has 0 aliphatic carbocycles. The number of H-pyrrole nitrogens is 1. The molecule has 2 N–H and O–H groups in total. The highest BCUT2D eigenvalue weighted by atomic mass is 19.4. The van der Waals surface area contributed by atoms with Crippen molar-refractivity contribution in [3.63, 3.8) is 0 Å². The summed E-state index contributed by atoms with van der Waals surface area (Å²) in [7, 11) is 2.00. The van der Waals surface area contributed by atoms with Crippen LogP contribution in [0.4, 0.5) is 18.9 Å². The average Bonchev–Trinajstić information content (AvgIpc) is 3.22. The van der Waals surface area contributed by atoms with E-state index in [0.29, 0.717) is 17.7 Å². The van der Waals surface area contributed by atoms with Crippen molar-refractivity contribution in [3.05, 3.63) is 82.8 Å². The van der Waals surface area contributed by atoms with Crippen molar-refractivity contribution >= 4 is 44.2 Å². The number of carbonyl (C=O) groups excluding carboxylic acids is 1. The molecular weight excluding hydrogens is 435 g/mol. The Labute approximate surface area is 185 Å². The van der Waals surface area contributed by atoms with Crippen LogP contribution in [0.1, 0.15) is 5.56 Å². The van der Waals surface area contributed by atoms with Crippen LogP contribution in [0.25, 0.3) is 32.6 Å². The zero-order valence-corrected chi connectivity index (χ0v) is 17.4. The highest BCUT2D eigenvalue weighted by Crippen LogP contribution is 2.25. The molecule has 0 spiro atoms. The molecule has 0 radical (unpaired) electrons. The normalized spacial score (nSPS) is 11.5. The fourth-order valence-electron chi connectivity index (χ4n) is 3.75. The number of aromatic nitrogens is 2. The third-order valence-electron chi connectivity index (χ3n) is 5.36. The van der Waals surface area contributed by atoms with E-state index in [1.54, 1.807) is 0 Å². The molecule has 2 heterocycles. The Kier molecular flexibility index (Phi) is 5.63. The average molecular weight is 453 g/mol. The maximum absolute atomic E-state index is 12.9. The van der Waals surface area contributed by atoms with E-state index in [2.05, 4.69) is 40.6 Å². The molecule has 9 heteroatoms. The summed E-state index contributed by atoms with van der Waals surface area (Å²) in [4.78, 5) is 24.8. The Morgan fingerprint density at radius 2 is 1.79 bits per heavy atom. The summed E-state index contributed by atoms with van der Waals surface area (Å²) in [6.07, 6.45) is -1.28. The van der Waals surface area contributed by atoms with Crippen LogP contribution in [0.3, 0.4) is 0 Å². The summed E-state index contributed by atoms with van der Waals surface area (Å²) < 4.78 is 33.6. The van der Waals surface area contributed by atoms with Crippen LogP contribution >= 0.6 is 0 Å². The Balaban J connectivity index is 0.000000325. The number of halogens is 3. The summed E-state index contributed by atoms with van der Waals surface area (Å²) in [6, 6.07) is 18.6. The first-order valence-corrected chi connectivity index (χ1v) is 9.91. The van der Waals surface area contributed by atoms with Gasteiger partial charge in [0.25, 0.3) is 10.9 Å². The molecule has 33 heavy (non-hydrogen) atoms. The number of nitrogens with one attached hydrogen (secondary N) is 2. The monoisotopic (exact) mass is 453 g/mol. The van der Waals surface area contributed by atoms with E-state index in [4.69, 9.17) is 9.90 Å². The molecule has 0 aliphatic rings. The van der Waals surface area contributed by atoms with E-state index in [1.165, 1.54) is 16.3 Å². The summed E-state index contributed by atoms with van der Waals surface area (Å²) >= 11 is 0. The number of benzene rings is 3. The molecule has 3 aromatic carbocycles. The number of hydrogen-bond donors (Lipinski definition) is 1. The molecule has 0 atom stereocenters. The Hall–Kier alpha value is -4.14. The van der Waals surface area contributed by atoms with Gasteiger partial charge in [0, 0.05) is 19.8 Å². The minimum atomic E-state index is -5.19. The fraction of sp³-hybridized carbons (Fsp3) is 0.125. The van der Waals surface area contributed by atoms with Crippen molar-refractivity contribution in [1.29, 1.82) is 0 Å². The predicted octanol–water partition coefficient (Wildman–Crippen LogP) is 3.01. The number of nitrogens with zero attached hydrogens (tertiary/aromatic N) is 1. The Morgan fingerprint density at radius 1 is 1.09 bits per heavy atom. The van der Waals surface area contributed by atoms with E-state index in [1.807, 2.05) is 48.3 Å². The van der Waals surface area contributed by atoms with Gasteiger partial charge in [-0.3, -0.25) is 4.79 Å². The zero-order valence-electron chi connectivity index (χ0n) is 17.4. The third-order valence-corrected chi connectivity index (χ3v) is 5.36. The Bertz CT molecular complexity index is 1520. The quantitative estimate of drug-likeness (QED) is 0.455. The maximum Gasteiger partial charge on any atom is 0.430 e. The molecule has 0 saturated carbocycles. The van der Waals surface area contributed by atoms with Crippen LogP contribution in [-0.4, -0.2) is 16.7 Å². The first-order chi connectivity index (χ1) is 15.7. The van der Waals surface area contributed by atoms with Crippen LogP contribution in [0.2, 0.25) is 0 Å². The van der Waals surface area contributed by atoms with Gasteiger partial charge < -0.3 is 19.8 Å². The Morgan fingerprint density at radius 3 is 2.52 bits per heavy atom. The van der Waals surface area contributed by atoms with Crippen LogP contribution in [-0.2, 0) is 18.4 Å². The van der Waals surface area contributed by atoms with E-state index >= 15 is 0 Å². The highest BCUT2D eigenvalue weighted by molar-refractivity contribution is 6.07. The van der Waals surface area contributed by atoms with E-state index < -0.39 is 12.1 Å². The van der Waals surface area contributed by atoms with E-state index in [-0.39, 0.29) is 5.43 Å². The largest absolute Gasteiger partial charge is 0.542 e. The lowest BCUT2D eigenvalue weighted by Crippen LogP contribution is -2.37. The second-order valence-corrected chi connectivity index (χ2v) is 7.47. The zero-order chi connectivity index (χ0) is 23.8. The SMILES string of the molecule is Cn1ccc2c[nH+]c3c(=O)c(NCc4cccc5ccccc45)cc1c23.O=C([O-])C(F)(F)F. The number of fused-ring (bicyclic) bond motifs is 1. The van der Waals surface area contributed by atoms with Crippen molar-refractivity contribution in [1.82, 2.24) is 4.57 Å². The number of pyridine rings is 1. The topological polar surface area (TPSA) is 88.3 Å². The van der Waals surface area contributed by atoms with Gasteiger partial charge in [0.2, 0.25) is 0 Å². The number of carboxylic acids is 1. The number of anilines is 1. The fourth-order valence-corrected chi connectivity index (χ4v) is 3.75. The smallest absolute Gasteiger partial charge is 0.430 e. The molecule has 0 bridgehead atoms. The molecule has 168 valence electrons. The van der Waals surface area contributed by atoms with Gasteiger partial charge in [-0.2, -0.15) is 13.2 Å². The van der Waals surface area contributed by atoms with Gasteiger partial charge in [0.15, 0.2) is 6.20 Å². The standard InChI is InChI=1S/C22H17N3O.C2HF3O2/c1-25-10-9-16-13-24-21-20(16)19(25)11-18(22(21)26)23-12-15-7-4-6-14-5-2-3-8-17(14)15;3-2(4,5)1(6)7/h2-11,13,23H,12H2,1H3;(H,6,7). The number of aliphatic carboxylic acids is 1. The van der Waals surface area contributed by atoms with Gasteiger partial charge in [-0.05, 0) is 28.5 Å². The molecule has 0 aliphatic heterocycles. The minimum Gasteiger partial charge on any atom is -0.542 e. The van der Waals surface area contributed by atoms with Crippen molar-refractivity contribution in [2.75, 3.05) is 5.32 Å². The maximum atomic E-state index is 12.9. The molecule has 0 saturated heterocycles. The number of carbonyl (C=O) groups is 1. The molecular formula is C24H18F3N3O3. The molecule has 6 nitrogen and oxygen atoms in total. The number of aryl methyl sites for hydroxylation is 1. The number of aromatic amines is 1. The number of carboxylic acid groups (broad SMARTS) is 1. The minimum absolute atomic E-state index is 0.0129. The first kappa shape index (κ1) is 22.1. The molecule has 5 aromatic rings. The number of alkyl halides is 3. The van der Waals surface area contributed by atoms with Gasteiger partial charge in [0.1, 0.15) is 5.97 Å². The van der Waals surface area contributed by atoms with Gasteiger partial charge in [0.05, 0.1) is 22.0 Å². The lowest BCUT2D eigenvalue weighted by atomic mass is 10.0. The van der Waals surface area contributed by atoms with Crippen LogP contribution in [0.5, 0.6) is 0 Å². The van der Waals surface area contributed by atoms with Crippen LogP contribution in [0.15, 0.2) is 71.8 Å². The molecule has 5 rings (SSSR count). The van der Waals surface area contributed by atoms with Crippen molar-refractivity contribution in [2.45, 2.75) is 12.7 Å². The van der Waals surface area contributed by atoms with Gasteiger partial charge >= 0.3 is 6.18 Å². The number of rotatable bonds is 3. The lowest BCUT2D eigenvalue weighted by molar-refractivity contribution is -0.344. The summed E-state index contributed by atoms with van der Waals surface area (Å²) in [5, 5.41) is 16.6. The van der Waals surface area contributed by atoms with Crippen LogP contribution < -0.4 is 20.8 Å². The lowest BCUT2D eigenvalue weighted by Gasteiger charge is -2.10. The molecule has 0 unspecified atom stereocenters. The van der Waals surface area contributed by atoms with E-state index in [0.717, 1.165) is 16.3 Å². The van der Waals surface area contributed by atoms with Crippen molar-refractivity contribution < 1.29 is 28.1 Å². The van der Waals surface area contributed by atoms with Crippen LogP contribution in [0, 0.1) is 0 Å². The summed E-state index contributed by atoms with van der Waals surface area (Å²) in [5.74, 6) is -3.01. The molecule has 2 aromatic heterocycles. The highest BCUT2D eigenvalue weighted by Gasteiger charge is 2.28. The van der Waals surface area contributed by atoms with Crippen molar-refractivity contribution in [2.24, 2.45) is 7.05 Å². The summed E-state index contributed by atoms with van der Waals surface area (Å²) in [5.41, 5.74) is 3.51. The molecule has 0 fully saturated rings. The summed E-state index contributed by atoms with van der Waals surface area (Å²) in [6.45, 7) is 0.606. The predicted molar refractivity (Wildman–Crippen MR) is 117 cm³/mol. The van der Waals surface area contributed by atoms with Gasteiger partial charge in [-0.15, -0.1) is 0 Å². The van der Waals surface area contributed by atoms with E-state index in [9.17, 15) is 18.0 Å².